The van der Waals surface area contributed by atoms with Gasteiger partial charge in [0.15, 0.2) is 0 Å². The normalized spacial score (nSPS) is 22.1. The zero-order chi connectivity index (χ0) is 14.9. The fraction of sp³-hybridized carbons (Fsp3) is 0.500. The Bertz CT molecular complexity index is 532. The number of amides is 1. The number of likely N-dealkylation sites (tertiary alicyclic amines) is 1. The molecule has 4 heteroatoms. The molecule has 1 atom stereocenters. The third-order valence-corrected chi connectivity index (χ3v) is 4.47. The van der Waals surface area contributed by atoms with Crippen molar-refractivity contribution in [1.82, 2.24) is 4.90 Å². The Morgan fingerprint density at radius 2 is 1.90 bits per heavy atom. The summed E-state index contributed by atoms with van der Waals surface area (Å²) in [4.78, 5) is 25.8. The third-order valence-electron chi connectivity index (χ3n) is 4.47. The van der Waals surface area contributed by atoms with E-state index in [2.05, 4.69) is 0 Å². The summed E-state index contributed by atoms with van der Waals surface area (Å²) in [6.07, 6.45) is 1.09. The van der Waals surface area contributed by atoms with Crippen LogP contribution >= 0.6 is 0 Å². The van der Waals surface area contributed by atoms with Crippen LogP contribution in [0.5, 0.6) is 0 Å². The van der Waals surface area contributed by atoms with E-state index in [-0.39, 0.29) is 5.91 Å². The Morgan fingerprint density at radius 1 is 1.30 bits per heavy atom. The molecule has 108 valence electrons. The van der Waals surface area contributed by atoms with Gasteiger partial charge in [-0.1, -0.05) is 25.1 Å². The second kappa shape index (κ2) is 5.27. The third kappa shape index (κ3) is 2.30. The quantitative estimate of drug-likeness (QED) is 0.922. The summed E-state index contributed by atoms with van der Waals surface area (Å²) in [6.45, 7) is 6.54. The number of hydrogen-bond acceptors (Lipinski definition) is 2. The van der Waals surface area contributed by atoms with Crippen molar-refractivity contribution in [3.63, 3.8) is 0 Å². The lowest BCUT2D eigenvalue weighted by atomic mass is 9.84. The summed E-state index contributed by atoms with van der Waals surface area (Å²) >= 11 is 0. The van der Waals surface area contributed by atoms with Crippen molar-refractivity contribution in [2.75, 3.05) is 13.1 Å². The van der Waals surface area contributed by atoms with E-state index in [0.29, 0.717) is 31.5 Å². The average molecular weight is 275 g/mol. The topological polar surface area (TPSA) is 57.6 Å². The number of aryl methyl sites for hydroxylation is 2. The minimum Gasteiger partial charge on any atom is -0.481 e. The predicted molar refractivity (Wildman–Crippen MR) is 76.8 cm³/mol. The molecule has 1 N–H and O–H groups in total. The number of hydrogen-bond donors (Lipinski definition) is 1. The Labute approximate surface area is 119 Å². The zero-order valence-corrected chi connectivity index (χ0v) is 12.3. The highest BCUT2D eigenvalue weighted by molar-refractivity contribution is 5.97. The SMILES string of the molecule is CCC1(C(=O)O)CCN(C(=O)c2c(C)cccc2C)C1. The van der Waals surface area contributed by atoms with E-state index in [9.17, 15) is 14.7 Å². The minimum absolute atomic E-state index is 0.0443. The van der Waals surface area contributed by atoms with Gasteiger partial charge in [-0.05, 0) is 37.8 Å². The van der Waals surface area contributed by atoms with E-state index in [0.717, 1.165) is 11.1 Å². The van der Waals surface area contributed by atoms with Gasteiger partial charge in [-0.3, -0.25) is 9.59 Å². The van der Waals surface area contributed by atoms with Crippen LogP contribution in [-0.2, 0) is 4.79 Å². The molecule has 0 aliphatic carbocycles. The highest BCUT2D eigenvalue weighted by Crippen LogP contribution is 2.35. The van der Waals surface area contributed by atoms with Crippen LogP contribution in [-0.4, -0.2) is 35.0 Å². The van der Waals surface area contributed by atoms with Gasteiger partial charge in [-0.2, -0.15) is 0 Å². The monoisotopic (exact) mass is 275 g/mol. The average Bonchev–Trinajstić information content (AvgIpc) is 2.84. The standard InChI is InChI=1S/C16H21NO3/c1-4-16(15(19)20)8-9-17(10-16)14(18)13-11(2)6-5-7-12(13)3/h5-7H,4,8-10H2,1-3H3,(H,19,20). The van der Waals surface area contributed by atoms with Crippen LogP contribution in [0.1, 0.15) is 41.3 Å². The number of benzene rings is 1. The van der Waals surface area contributed by atoms with Gasteiger partial charge < -0.3 is 10.0 Å². The molecule has 4 nitrogen and oxygen atoms in total. The molecular formula is C16H21NO3. The predicted octanol–water partition coefficient (Wildman–Crippen LogP) is 2.63. The first-order chi connectivity index (χ1) is 9.41. The van der Waals surface area contributed by atoms with Crippen molar-refractivity contribution in [1.29, 1.82) is 0 Å². The highest BCUT2D eigenvalue weighted by Gasteiger charge is 2.45. The summed E-state index contributed by atoms with van der Waals surface area (Å²) in [5.41, 5.74) is 1.83. The van der Waals surface area contributed by atoms with Crippen LogP contribution in [0.3, 0.4) is 0 Å². The van der Waals surface area contributed by atoms with Crippen LogP contribution in [0.25, 0.3) is 0 Å². The first-order valence-electron chi connectivity index (χ1n) is 7.00. The van der Waals surface area contributed by atoms with Gasteiger partial charge >= 0.3 is 5.97 Å². The maximum atomic E-state index is 12.6. The molecule has 20 heavy (non-hydrogen) atoms. The van der Waals surface area contributed by atoms with E-state index in [1.807, 2.05) is 39.0 Å². The first kappa shape index (κ1) is 14.6. The lowest BCUT2D eigenvalue weighted by Crippen LogP contribution is -2.37. The van der Waals surface area contributed by atoms with Crippen molar-refractivity contribution in [3.05, 3.63) is 34.9 Å². The molecular weight excluding hydrogens is 254 g/mol. The van der Waals surface area contributed by atoms with E-state index < -0.39 is 11.4 Å². The van der Waals surface area contributed by atoms with Crippen LogP contribution in [0.4, 0.5) is 0 Å². The van der Waals surface area contributed by atoms with Crippen molar-refractivity contribution in [2.45, 2.75) is 33.6 Å². The Kier molecular flexibility index (Phi) is 3.84. The molecule has 0 radical (unpaired) electrons. The van der Waals surface area contributed by atoms with Crippen molar-refractivity contribution >= 4 is 11.9 Å². The number of carbonyl (C=O) groups excluding carboxylic acids is 1. The number of rotatable bonds is 3. The van der Waals surface area contributed by atoms with E-state index in [1.54, 1.807) is 4.90 Å². The molecule has 1 saturated heterocycles. The Balaban J connectivity index is 2.27. The maximum absolute atomic E-state index is 12.6. The highest BCUT2D eigenvalue weighted by atomic mass is 16.4. The summed E-state index contributed by atoms with van der Waals surface area (Å²) in [7, 11) is 0. The van der Waals surface area contributed by atoms with Gasteiger partial charge in [-0.15, -0.1) is 0 Å². The van der Waals surface area contributed by atoms with Crippen LogP contribution in [0.15, 0.2) is 18.2 Å². The molecule has 1 fully saturated rings. The summed E-state index contributed by atoms with van der Waals surface area (Å²) in [6, 6.07) is 5.76. The van der Waals surface area contributed by atoms with Gasteiger partial charge in [-0.25, -0.2) is 0 Å². The molecule has 1 aromatic rings. The fourth-order valence-corrected chi connectivity index (χ4v) is 2.97. The number of carboxylic acid groups (broad SMARTS) is 1. The Hall–Kier alpha value is -1.84. The minimum atomic E-state index is -0.795. The summed E-state index contributed by atoms with van der Waals surface area (Å²) in [5, 5.41) is 9.41. The maximum Gasteiger partial charge on any atom is 0.311 e. The Morgan fingerprint density at radius 3 is 2.35 bits per heavy atom. The van der Waals surface area contributed by atoms with Gasteiger partial charge in [0.05, 0.1) is 5.41 Å². The molecule has 1 amide bonds. The van der Waals surface area contributed by atoms with Crippen molar-refractivity contribution in [2.24, 2.45) is 5.41 Å². The number of aliphatic carboxylic acids is 1. The molecule has 1 aromatic carbocycles. The fourth-order valence-electron chi connectivity index (χ4n) is 2.97. The smallest absolute Gasteiger partial charge is 0.311 e. The molecule has 0 spiro atoms. The molecule has 1 aliphatic heterocycles. The van der Waals surface area contributed by atoms with Gasteiger partial charge in [0.1, 0.15) is 0 Å². The molecule has 1 unspecified atom stereocenters. The lowest BCUT2D eigenvalue weighted by molar-refractivity contribution is -0.148. The second-order valence-corrected chi connectivity index (χ2v) is 5.68. The summed E-state index contributed by atoms with van der Waals surface area (Å²) in [5.74, 6) is -0.839. The van der Waals surface area contributed by atoms with Gasteiger partial charge in [0, 0.05) is 18.7 Å². The second-order valence-electron chi connectivity index (χ2n) is 5.68. The largest absolute Gasteiger partial charge is 0.481 e. The van der Waals surface area contributed by atoms with Crippen LogP contribution in [0.2, 0.25) is 0 Å². The summed E-state index contributed by atoms with van der Waals surface area (Å²) < 4.78 is 0. The molecule has 1 aliphatic rings. The lowest BCUT2D eigenvalue weighted by Gasteiger charge is -2.24. The van der Waals surface area contributed by atoms with E-state index in [4.69, 9.17) is 0 Å². The zero-order valence-electron chi connectivity index (χ0n) is 12.3. The molecule has 0 aromatic heterocycles. The van der Waals surface area contributed by atoms with Gasteiger partial charge in [0.2, 0.25) is 0 Å². The van der Waals surface area contributed by atoms with E-state index >= 15 is 0 Å². The first-order valence-corrected chi connectivity index (χ1v) is 7.00. The van der Waals surface area contributed by atoms with Crippen molar-refractivity contribution in [3.8, 4) is 0 Å². The molecule has 0 saturated carbocycles. The van der Waals surface area contributed by atoms with Crippen molar-refractivity contribution < 1.29 is 14.7 Å². The number of nitrogens with zero attached hydrogens (tertiary/aromatic N) is 1. The van der Waals surface area contributed by atoms with Crippen LogP contribution < -0.4 is 0 Å². The molecule has 2 rings (SSSR count). The van der Waals surface area contributed by atoms with Gasteiger partial charge in [0.25, 0.3) is 5.91 Å². The molecule has 1 heterocycles. The number of carbonyl (C=O) groups is 2. The van der Waals surface area contributed by atoms with Crippen LogP contribution in [0, 0.1) is 19.3 Å². The van der Waals surface area contributed by atoms with E-state index in [1.165, 1.54) is 0 Å². The molecule has 0 bridgehead atoms. The number of carboxylic acids is 1.